The van der Waals surface area contributed by atoms with Gasteiger partial charge in [0, 0.05) is 44.5 Å². The van der Waals surface area contributed by atoms with Crippen LogP contribution in [0.5, 0.6) is 0 Å². The second kappa shape index (κ2) is 6.55. The fourth-order valence-electron chi connectivity index (χ4n) is 2.62. The Morgan fingerprint density at radius 1 is 1.40 bits per heavy atom. The van der Waals surface area contributed by atoms with Crippen LogP contribution in [0, 0.1) is 6.92 Å². The second-order valence-corrected chi connectivity index (χ2v) is 6.30. The quantitative estimate of drug-likeness (QED) is 0.912. The minimum absolute atomic E-state index is 0.508. The van der Waals surface area contributed by atoms with E-state index >= 15 is 0 Å². The normalized spacial score (nSPS) is 20.7. The number of rotatable bonds is 4. The molecule has 0 bridgehead atoms. The maximum Gasteiger partial charge on any atom is 0.131 e. The highest BCUT2D eigenvalue weighted by atomic mass is 15.3. The predicted molar refractivity (Wildman–Crippen MR) is 85.3 cm³/mol. The van der Waals surface area contributed by atoms with Crippen LogP contribution in [0.25, 0.3) is 0 Å². The van der Waals surface area contributed by atoms with Crippen molar-refractivity contribution in [3.05, 3.63) is 23.4 Å². The number of aromatic nitrogens is 1. The van der Waals surface area contributed by atoms with E-state index in [4.69, 9.17) is 4.98 Å². The largest absolute Gasteiger partial charge is 0.354 e. The smallest absolute Gasteiger partial charge is 0.131 e. The van der Waals surface area contributed by atoms with E-state index in [1.165, 1.54) is 11.1 Å². The fourth-order valence-corrected chi connectivity index (χ4v) is 2.62. The molecule has 1 aliphatic heterocycles. The molecule has 0 spiro atoms. The number of anilines is 1. The van der Waals surface area contributed by atoms with Gasteiger partial charge in [-0.15, -0.1) is 0 Å². The summed E-state index contributed by atoms with van der Waals surface area (Å²) in [5, 5.41) is 3.44. The molecular formula is C16H28N4. The van der Waals surface area contributed by atoms with Gasteiger partial charge in [-0.2, -0.15) is 0 Å². The minimum Gasteiger partial charge on any atom is -0.354 e. The van der Waals surface area contributed by atoms with Crippen molar-refractivity contribution in [2.45, 2.75) is 46.3 Å². The Labute approximate surface area is 123 Å². The number of nitrogens with one attached hydrogen (secondary N) is 1. The number of likely N-dealkylation sites (N-methyl/N-ethyl adjacent to an activating group) is 1. The summed E-state index contributed by atoms with van der Waals surface area (Å²) in [4.78, 5) is 9.53. The topological polar surface area (TPSA) is 31.4 Å². The lowest BCUT2D eigenvalue weighted by molar-refractivity contribution is 0.233. The van der Waals surface area contributed by atoms with Crippen LogP contribution in [-0.4, -0.2) is 48.6 Å². The molecule has 2 heterocycles. The third-order valence-corrected chi connectivity index (χ3v) is 4.08. The minimum atomic E-state index is 0.508. The molecule has 0 aliphatic carbocycles. The van der Waals surface area contributed by atoms with Crippen molar-refractivity contribution in [1.82, 2.24) is 15.2 Å². The van der Waals surface area contributed by atoms with E-state index in [-0.39, 0.29) is 0 Å². The van der Waals surface area contributed by atoms with Crippen molar-refractivity contribution in [3.8, 4) is 0 Å². The van der Waals surface area contributed by atoms with Gasteiger partial charge in [-0.25, -0.2) is 4.98 Å². The summed E-state index contributed by atoms with van der Waals surface area (Å²) in [6.07, 6.45) is 2.01. The number of piperazine rings is 1. The highest BCUT2D eigenvalue weighted by Crippen LogP contribution is 2.21. The van der Waals surface area contributed by atoms with Gasteiger partial charge in [0.25, 0.3) is 0 Å². The monoisotopic (exact) mass is 276 g/mol. The van der Waals surface area contributed by atoms with Gasteiger partial charge in [-0.05, 0) is 38.1 Å². The van der Waals surface area contributed by atoms with Crippen molar-refractivity contribution in [2.75, 3.05) is 31.6 Å². The second-order valence-electron chi connectivity index (χ2n) is 6.30. The molecule has 4 heteroatoms. The molecule has 0 radical (unpaired) electrons. The van der Waals surface area contributed by atoms with E-state index < -0.39 is 0 Å². The first-order valence-corrected chi connectivity index (χ1v) is 7.61. The molecule has 1 aromatic heterocycles. The molecule has 0 aromatic carbocycles. The Morgan fingerprint density at radius 3 is 2.75 bits per heavy atom. The number of pyridine rings is 1. The van der Waals surface area contributed by atoms with Gasteiger partial charge in [-0.3, -0.25) is 0 Å². The maximum atomic E-state index is 4.71. The number of hydrogen-bond donors (Lipinski definition) is 1. The first kappa shape index (κ1) is 15.3. The lowest BCUT2D eigenvalue weighted by Crippen LogP contribution is -2.50. The summed E-state index contributed by atoms with van der Waals surface area (Å²) in [6, 6.07) is 3.36. The summed E-state index contributed by atoms with van der Waals surface area (Å²) in [5.74, 6) is 1.15. The summed E-state index contributed by atoms with van der Waals surface area (Å²) in [7, 11) is 2.20. The van der Waals surface area contributed by atoms with Gasteiger partial charge in [-0.1, -0.05) is 13.8 Å². The first-order valence-electron chi connectivity index (χ1n) is 7.61. The van der Waals surface area contributed by atoms with Crippen molar-refractivity contribution in [2.24, 2.45) is 0 Å². The molecule has 4 nitrogen and oxygen atoms in total. The van der Waals surface area contributed by atoms with Gasteiger partial charge >= 0.3 is 0 Å². The average molecular weight is 276 g/mol. The molecule has 1 unspecified atom stereocenters. The van der Waals surface area contributed by atoms with Crippen LogP contribution in [0.4, 0.5) is 5.82 Å². The van der Waals surface area contributed by atoms with E-state index in [1.807, 2.05) is 6.20 Å². The zero-order chi connectivity index (χ0) is 14.7. The highest BCUT2D eigenvalue weighted by molar-refractivity contribution is 5.48. The Balaban J connectivity index is 2.06. The third-order valence-electron chi connectivity index (χ3n) is 4.08. The Hall–Kier alpha value is -1.13. The van der Waals surface area contributed by atoms with Gasteiger partial charge in [0.2, 0.25) is 0 Å². The van der Waals surface area contributed by atoms with Crippen molar-refractivity contribution < 1.29 is 0 Å². The summed E-state index contributed by atoms with van der Waals surface area (Å²) < 4.78 is 0. The molecule has 2 rings (SSSR count). The lowest BCUT2D eigenvalue weighted by Gasteiger charge is -2.38. The van der Waals surface area contributed by atoms with Crippen LogP contribution in [0.1, 0.15) is 31.9 Å². The van der Waals surface area contributed by atoms with Crippen LogP contribution < -0.4 is 10.2 Å². The van der Waals surface area contributed by atoms with Gasteiger partial charge in [0.1, 0.15) is 5.82 Å². The molecule has 1 aliphatic rings. The van der Waals surface area contributed by atoms with Gasteiger partial charge in [0.15, 0.2) is 0 Å². The average Bonchev–Trinajstić information content (AvgIpc) is 2.40. The zero-order valence-corrected chi connectivity index (χ0v) is 13.5. The molecule has 1 saturated heterocycles. The zero-order valence-electron chi connectivity index (χ0n) is 13.5. The molecule has 0 saturated carbocycles. The van der Waals surface area contributed by atoms with Crippen LogP contribution in [-0.2, 0) is 6.54 Å². The summed E-state index contributed by atoms with van der Waals surface area (Å²) >= 11 is 0. The van der Waals surface area contributed by atoms with E-state index in [9.17, 15) is 0 Å². The first-order chi connectivity index (χ1) is 9.47. The van der Waals surface area contributed by atoms with Crippen molar-refractivity contribution in [1.29, 1.82) is 0 Å². The molecular weight excluding hydrogens is 248 g/mol. The third kappa shape index (κ3) is 3.70. The Morgan fingerprint density at radius 2 is 2.15 bits per heavy atom. The number of nitrogens with zero attached hydrogens (tertiary/aromatic N) is 3. The predicted octanol–water partition coefficient (Wildman–Crippen LogP) is 2.03. The van der Waals surface area contributed by atoms with Crippen LogP contribution >= 0.6 is 0 Å². The standard InChI is InChI=1S/C16H28N4/c1-12(2)17-9-15-8-13(3)16(18-10-15)20-7-6-19(5)14(4)11-20/h8,10,12,14,17H,6-7,9,11H2,1-5H3. The van der Waals surface area contributed by atoms with Crippen molar-refractivity contribution >= 4 is 5.82 Å². The summed E-state index contributed by atoms with van der Waals surface area (Å²) in [6.45, 7) is 12.9. The molecule has 1 atom stereocenters. The Kier molecular flexibility index (Phi) is 5.00. The SMILES string of the molecule is Cc1cc(CNC(C)C)cnc1N1CCN(C)C(C)C1. The summed E-state index contributed by atoms with van der Waals surface area (Å²) in [5.41, 5.74) is 2.55. The highest BCUT2D eigenvalue weighted by Gasteiger charge is 2.22. The van der Waals surface area contributed by atoms with Crippen molar-refractivity contribution in [3.63, 3.8) is 0 Å². The van der Waals surface area contributed by atoms with E-state index in [0.29, 0.717) is 12.1 Å². The molecule has 1 aromatic rings. The van der Waals surface area contributed by atoms with E-state index in [2.05, 4.69) is 55.9 Å². The van der Waals surface area contributed by atoms with E-state index in [1.54, 1.807) is 0 Å². The van der Waals surface area contributed by atoms with Crippen LogP contribution in [0.15, 0.2) is 12.3 Å². The lowest BCUT2D eigenvalue weighted by atomic mass is 10.1. The fraction of sp³-hybridized carbons (Fsp3) is 0.688. The van der Waals surface area contributed by atoms with Crippen LogP contribution in [0.2, 0.25) is 0 Å². The van der Waals surface area contributed by atoms with Gasteiger partial charge < -0.3 is 15.1 Å². The molecule has 0 amide bonds. The van der Waals surface area contributed by atoms with E-state index in [0.717, 1.165) is 32.0 Å². The Bertz CT molecular complexity index is 444. The molecule has 20 heavy (non-hydrogen) atoms. The maximum absolute atomic E-state index is 4.71. The molecule has 1 N–H and O–H groups in total. The molecule has 1 fully saturated rings. The van der Waals surface area contributed by atoms with Gasteiger partial charge in [0.05, 0.1) is 0 Å². The number of aryl methyl sites for hydroxylation is 1. The van der Waals surface area contributed by atoms with Crippen LogP contribution in [0.3, 0.4) is 0 Å². The molecule has 112 valence electrons. The number of hydrogen-bond acceptors (Lipinski definition) is 4.